The highest BCUT2D eigenvalue weighted by Crippen LogP contribution is 2.09. The van der Waals surface area contributed by atoms with Crippen molar-refractivity contribution in [3.8, 4) is 0 Å². The SMILES string of the molecule is CCCCCCCCC/C=C/CC/C=C/CC/C=C/C(O)C(CO)NC(=O)CCCCCCC. The molecule has 0 aliphatic rings. The number of allylic oxidation sites excluding steroid dienone is 5. The van der Waals surface area contributed by atoms with Crippen molar-refractivity contribution in [1.82, 2.24) is 5.32 Å². The summed E-state index contributed by atoms with van der Waals surface area (Å²) in [4.78, 5) is 12.0. The quantitative estimate of drug-likeness (QED) is 0.0992. The van der Waals surface area contributed by atoms with E-state index in [4.69, 9.17) is 0 Å². The number of aliphatic hydroxyl groups excluding tert-OH is 2. The third-order valence-electron chi connectivity index (χ3n) is 6.10. The smallest absolute Gasteiger partial charge is 0.220 e. The van der Waals surface area contributed by atoms with E-state index in [1.807, 2.05) is 6.08 Å². The first-order valence-corrected chi connectivity index (χ1v) is 14.2. The molecule has 0 fully saturated rings. The van der Waals surface area contributed by atoms with Crippen LogP contribution in [0.1, 0.15) is 129 Å². The van der Waals surface area contributed by atoms with Crippen LogP contribution in [0.25, 0.3) is 0 Å². The van der Waals surface area contributed by atoms with Gasteiger partial charge in [-0.05, 0) is 44.9 Å². The minimum atomic E-state index is -0.862. The van der Waals surface area contributed by atoms with Crippen LogP contribution in [0.5, 0.6) is 0 Å². The zero-order valence-corrected chi connectivity index (χ0v) is 22.4. The van der Waals surface area contributed by atoms with Gasteiger partial charge >= 0.3 is 0 Å². The molecular formula is C30H55NO3. The predicted molar refractivity (Wildman–Crippen MR) is 147 cm³/mol. The zero-order valence-electron chi connectivity index (χ0n) is 22.4. The molecule has 0 spiro atoms. The van der Waals surface area contributed by atoms with Gasteiger partial charge in [-0.15, -0.1) is 0 Å². The molecule has 0 heterocycles. The molecule has 198 valence electrons. The molecule has 4 heteroatoms. The molecule has 3 N–H and O–H groups in total. The fourth-order valence-electron chi connectivity index (χ4n) is 3.85. The van der Waals surface area contributed by atoms with Crippen LogP contribution in [0.2, 0.25) is 0 Å². The average molecular weight is 478 g/mol. The lowest BCUT2D eigenvalue weighted by Gasteiger charge is -2.19. The molecule has 2 atom stereocenters. The number of rotatable bonds is 24. The van der Waals surface area contributed by atoms with E-state index < -0.39 is 12.1 Å². The van der Waals surface area contributed by atoms with Gasteiger partial charge in [-0.3, -0.25) is 4.79 Å². The molecule has 0 bridgehead atoms. The summed E-state index contributed by atoms with van der Waals surface area (Å²) in [7, 11) is 0. The van der Waals surface area contributed by atoms with Crippen molar-refractivity contribution < 1.29 is 15.0 Å². The molecule has 0 aromatic rings. The molecule has 0 rings (SSSR count). The topological polar surface area (TPSA) is 69.6 Å². The minimum absolute atomic E-state index is 0.0950. The Bertz CT molecular complexity index is 527. The van der Waals surface area contributed by atoms with Crippen LogP contribution in [-0.4, -0.2) is 34.9 Å². The Morgan fingerprint density at radius 3 is 1.71 bits per heavy atom. The van der Waals surface area contributed by atoms with Crippen LogP contribution in [0.4, 0.5) is 0 Å². The monoisotopic (exact) mass is 477 g/mol. The summed E-state index contributed by atoms with van der Waals surface area (Å²) in [6.07, 6.45) is 32.4. The maximum absolute atomic E-state index is 12.0. The van der Waals surface area contributed by atoms with E-state index >= 15 is 0 Å². The van der Waals surface area contributed by atoms with Gasteiger partial charge in [0, 0.05) is 6.42 Å². The van der Waals surface area contributed by atoms with Gasteiger partial charge in [0.2, 0.25) is 5.91 Å². The molecule has 0 saturated heterocycles. The van der Waals surface area contributed by atoms with Gasteiger partial charge in [-0.25, -0.2) is 0 Å². The summed E-state index contributed by atoms with van der Waals surface area (Å²) in [6.45, 7) is 4.17. The summed E-state index contributed by atoms with van der Waals surface area (Å²) < 4.78 is 0. The molecule has 0 aromatic carbocycles. The molecule has 34 heavy (non-hydrogen) atoms. The number of hydrogen-bond donors (Lipinski definition) is 3. The van der Waals surface area contributed by atoms with Gasteiger partial charge in [-0.2, -0.15) is 0 Å². The Balaban J connectivity index is 3.76. The number of amides is 1. The first kappa shape index (κ1) is 32.6. The average Bonchev–Trinajstić information content (AvgIpc) is 2.84. The third-order valence-corrected chi connectivity index (χ3v) is 6.10. The Kier molecular flexibility index (Phi) is 25.1. The van der Waals surface area contributed by atoms with Crippen LogP contribution in [0.15, 0.2) is 36.5 Å². The number of unbranched alkanes of at least 4 members (excludes halogenated alkanes) is 13. The fourth-order valence-corrected chi connectivity index (χ4v) is 3.85. The van der Waals surface area contributed by atoms with E-state index in [2.05, 4.69) is 43.5 Å². The van der Waals surface area contributed by atoms with E-state index in [0.717, 1.165) is 44.9 Å². The molecule has 2 unspecified atom stereocenters. The molecule has 0 radical (unpaired) electrons. The fraction of sp³-hybridized carbons (Fsp3) is 0.767. The number of nitrogens with one attached hydrogen (secondary N) is 1. The van der Waals surface area contributed by atoms with Crippen molar-refractivity contribution >= 4 is 5.91 Å². The standard InChI is InChI=1S/C30H55NO3/c1-3-5-7-9-10-11-12-13-14-15-16-17-18-19-20-22-23-25-29(33)28(27-32)31-30(34)26-24-21-8-6-4-2/h14-15,18-19,23,25,28-29,32-33H,3-13,16-17,20-22,24,26-27H2,1-2H3,(H,31,34)/b15-14+,19-18+,25-23+. The summed E-state index contributed by atoms with van der Waals surface area (Å²) in [5.41, 5.74) is 0. The molecule has 0 aliphatic heterocycles. The van der Waals surface area contributed by atoms with Gasteiger partial charge in [0.25, 0.3) is 0 Å². The molecule has 4 nitrogen and oxygen atoms in total. The second-order valence-electron chi connectivity index (χ2n) is 9.45. The number of aliphatic hydroxyl groups is 2. The summed E-state index contributed by atoms with van der Waals surface area (Å²) in [5.74, 6) is -0.0950. The molecule has 0 aromatic heterocycles. The lowest BCUT2D eigenvalue weighted by Crippen LogP contribution is -2.45. The lowest BCUT2D eigenvalue weighted by molar-refractivity contribution is -0.123. The largest absolute Gasteiger partial charge is 0.394 e. The number of carbonyl (C=O) groups is 1. The van der Waals surface area contributed by atoms with E-state index in [-0.39, 0.29) is 12.5 Å². The first-order chi connectivity index (χ1) is 16.7. The molecule has 1 amide bonds. The summed E-state index contributed by atoms with van der Waals surface area (Å²) >= 11 is 0. The van der Waals surface area contributed by atoms with E-state index in [1.165, 1.54) is 64.2 Å². The molecule has 0 aliphatic carbocycles. The maximum atomic E-state index is 12.0. The van der Waals surface area contributed by atoms with Crippen LogP contribution in [0, 0.1) is 0 Å². The Labute approximate surface area is 211 Å². The second-order valence-corrected chi connectivity index (χ2v) is 9.45. The highest BCUT2D eigenvalue weighted by atomic mass is 16.3. The molecule has 0 saturated carbocycles. The van der Waals surface area contributed by atoms with Crippen molar-refractivity contribution in [2.24, 2.45) is 0 Å². The normalized spacial score (nSPS) is 13.9. The van der Waals surface area contributed by atoms with Gasteiger partial charge in [-0.1, -0.05) is 115 Å². The Hall–Kier alpha value is -1.39. The highest BCUT2D eigenvalue weighted by molar-refractivity contribution is 5.76. The predicted octanol–water partition coefficient (Wildman–Crippen LogP) is 7.55. The summed E-state index contributed by atoms with van der Waals surface area (Å²) in [6, 6.07) is -0.636. The van der Waals surface area contributed by atoms with Crippen molar-refractivity contribution in [3.05, 3.63) is 36.5 Å². The minimum Gasteiger partial charge on any atom is -0.394 e. The van der Waals surface area contributed by atoms with Crippen LogP contribution in [0.3, 0.4) is 0 Å². The van der Waals surface area contributed by atoms with E-state index in [0.29, 0.717) is 6.42 Å². The number of hydrogen-bond acceptors (Lipinski definition) is 3. The summed E-state index contributed by atoms with van der Waals surface area (Å²) in [5, 5.41) is 22.5. The van der Waals surface area contributed by atoms with E-state index in [1.54, 1.807) is 6.08 Å². The van der Waals surface area contributed by atoms with Gasteiger partial charge in [0.05, 0.1) is 18.8 Å². The van der Waals surface area contributed by atoms with Crippen molar-refractivity contribution in [2.75, 3.05) is 6.61 Å². The Morgan fingerprint density at radius 2 is 1.15 bits per heavy atom. The third kappa shape index (κ3) is 22.4. The highest BCUT2D eigenvalue weighted by Gasteiger charge is 2.17. The van der Waals surface area contributed by atoms with E-state index in [9.17, 15) is 15.0 Å². The van der Waals surface area contributed by atoms with Gasteiger partial charge in [0.15, 0.2) is 0 Å². The lowest BCUT2D eigenvalue weighted by atomic mass is 10.1. The second kappa shape index (κ2) is 26.2. The van der Waals surface area contributed by atoms with Crippen LogP contribution < -0.4 is 5.32 Å². The van der Waals surface area contributed by atoms with Gasteiger partial charge < -0.3 is 15.5 Å². The molecular weight excluding hydrogens is 422 g/mol. The maximum Gasteiger partial charge on any atom is 0.220 e. The van der Waals surface area contributed by atoms with Crippen LogP contribution >= 0.6 is 0 Å². The van der Waals surface area contributed by atoms with Crippen molar-refractivity contribution in [1.29, 1.82) is 0 Å². The Morgan fingerprint density at radius 1 is 0.676 bits per heavy atom. The van der Waals surface area contributed by atoms with Gasteiger partial charge in [0.1, 0.15) is 0 Å². The van der Waals surface area contributed by atoms with Crippen LogP contribution in [-0.2, 0) is 4.79 Å². The van der Waals surface area contributed by atoms with Crippen molar-refractivity contribution in [3.63, 3.8) is 0 Å². The number of carbonyl (C=O) groups excluding carboxylic acids is 1. The van der Waals surface area contributed by atoms with Crippen molar-refractivity contribution in [2.45, 2.75) is 142 Å². The first-order valence-electron chi connectivity index (χ1n) is 14.2. The zero-order chi connectivity index (χ0) is 25.1.